The van der Waals surface area contributed by atoms with E-state index < -0.39 is 12.0 Å². The first-order chi connectivity index (χ1) is 8.95. The monoisotopic (exact) mass is 270 g/mol. The van der Waals surface area contributed by atoms with Crippen LogP contribution in [0.3, 0.4) is 0 Å². The van der Waals surface area contributed by atoms with Crippen molar-refractivity contribution in [1.82, 2.24) is 10.2 Å². The van der Waals surface area contributed by atoms with Crippen molar-refractivity contribution in [1.29, 1.82) is 0 Å². The molecule has 1 aliphatic carbocycles. The summed E-state index contributed by atoms with van der Waals surface area (Å²) < 4.78 is 0. The Kier molecular flexibility index (Phi) is 6.12. The summed E-state index contributed by atoms with van der Waals surface area (Å²) in [5, 5.41) is 11.8. The quantitative estimate of drug-likeness (QED) is 0.778. The van der Waals surface area contributed by atoms with Crippen molar-refractivity contribution in [3.8, 4) is 0 Å². The first kappa shape index (κ1) is 15.8. The molecular formula is C14H26N2O3. The van der Waals surface area contributed by atoms with Crippen LogP contribution in [0.1, 0.15) is 46.0 Å². The highest BCUT2D eigenvalue weighted by Crippen LogP contribution is 2.25. The minimum atomic E-state index is -0.961. The molecule has 2 amide bonds. The standard InChI is InChI=1S/C14H26N2O3/c1-4-10(2)12(13(17)18)15-14(19)16(3)9-11-7-5-6-8-11/h10-12H,4-9H2,1-3H3,(H,15,19)(H,17,18). The second-order valence-corrected chi connectivity index (χ2v) is 5.68. The lowest BCUT2D eigenvalue weighted by atomic mass is 9.99. The molecule has 1 fully saturated rings. The molecule has 2 unspecified atom stereocenters. The summed E-state index contributed by atoms with van der Waals surface area (Å²) in [7, 11) is 1.74. The smallest absolute Gasteiger partial charge is 0.326 e. The Hall–Kier alpha value is -1.26. The van der Waals surface area contributed by atoms with Gasteiger partial charge in [0, 0.05) is 13.6 Å². The minimum absolute atomic E-state index is 0.0682. The fourth-order valence-electron chi connectivity index (χ4n) is 2.59. The number of carbonyl (C=O) groups excluding carboxylic acids is 1. The summed E-state index contributed by atoms with van der Waals surface area (Å²) >= 11 is 0. The molecule has 0 aliphatic heterocycles. The Labute approximate surface area is 115 Å². The Bertz CT molecular complexity index is 314. The van der Waals surface area contributed by atoms with Crippen molar-refractivity contribution in [3.05, 3.63) is 0 Å². The van der Waals surface area contributed by atoms with Crippen LogP contribution in [0.4, 0.5) is 4.79 Å². The van der Waals surface area contributed by atoms with Crippen molar-refractivity contribution < 1.29 is 14.7 Å². The Morgan fingerprint density at radius 2 is 1.95 bits per heavy atom. The molecule has 19 heavy (non-hydrogen) atoms. The molecule has 0 aromatic carbocycles. The number of rotatable bonds is 6. The van der Waals surface area contributed by atoms with Gasteiger partial charge >= 0.3 is 12.0 Å². The topological polar surface area (TPSA) is 69.6 Å². The third kappa shape index (κ3) is 4.73. The third-order valence-corrected chi connectivity index (χ3v) is 4.11. The molecule has 0 saturated heterocycles. The maximum atomic E-state index is 12.0. The van der Waals surface area contributed by atoms with Gasteiger partial charge in [-0.3, -0.25) is 0 Å². The molecule has 0 bridgehead atoms. The van der Waals surface area contributed by atoms with Gasteiger partial charge in [0.1, 0.15) is 6.04 Å². The van der Waals surface area contributed by atoms with Crippen LogP contribution in [0.5, 0.6) is 0 Å². The summed E-state index contributed by atoms with van der Waals surface area (Å²) in [5.74, 6) is -0.457. The van der Waals surface area contributed by atoms with Crippen molar-refractivity contribution in [2.24, 2.45) is 11.8 Å². The molecule has 110 valence electrons. The molecule has 5 heteroatoms. The van der Waals surface area contributed by atoms with Crippen LogP contribution >= 0.6 is 0 Å². The number of aliphatic carboxylic acids is 1. The average molecular weight is 270 g/mol. The predicted octanol–water partition coefficient (Wildman–Crippen LogP) is 2.32. The van der Waals surface area contributed by atoms with Crippen molar-refractivity contribution >= 4 is 12.0 Å². The summed E-state index contributed by atoms with van der Waals surface area (Å²) in [6.07, 6.45) is 5.55. The number of carboxylic acids is 1. The Balaban J connectivity index is 2.48. The summed E-state index contributed by atoms with van der Waals surface area (Å²) in [6.45, 7) is 4.49. The van der Waals surface area contributed by atoms with Crippen molar-refractivity contribution in [2.45, 2.75) is 52.0 Å². The number of nitrogens with zero attached hydrogens (tertiary/aromatic N) is 1. The van der Waals surface area contributed by atoms with E-state index in [-0.39, 0.29) is 11.9 Å². The second-order valence-electron chi connectivity index (χ2n) is 5.68. The number of hydrogen-bond acceptors (Lipinski definition) is 2. The summed E-state index contributed by atoms with van der Waals surface area (Å²) in [4.78, 5) is 24.8. The largest absolute Gasteiger partial charge is 0.480 e. The van der Waals surface area contributed by atoms with Gasteiger partial charge in [-0.1, -0.05) is 33.1 Å². The van der Waals surface area contributed by atoms with Gasteiger partial charge in [-0.2, -0.15) is 0 Å². The van der Waals surface area contributed by atoms with Gasteiger partial charge < -0.3 is 15.3 Å². The highest BCUT2D eigenvalue weighted by Gasteiger charge is 2.27. The number of nitrogens with one attached hydrogen (secondary N) is 1. The Morgan fingerprint density at radius 1 is 1.37 bits per heavy atom. The number of hydrogen-bond donors (Lipinski definition) is 2. The van der Waals surface area contributed by atoms with E-state index in [2.05, 4.69) is 5.32 Å². The van der Waals surface area contributed by atoms with E-state index in [0.29, 0.717) is 5.92 Å². The van der Waals surface area contributed by atoms with Gasteiger partial charge in [0.05, 0.1) is 0 Å². The SMILES string of the molecule is CCC(C)C(NC(=O)N(C)CC1CCCC1)C(=O)O. The number of carboxylic acid groups (broad SMARTS) is 1. The van der Waals surface area contributed by atoms with E-state index in [0.717, 1.165) is 13.0 Å². The minimum Gasteiger partial charge on any atom is -0.480 e. The first-order valence-electron chi connectivity index (χ1n) is 7.20. The lowest BCUT2D eigenvalue weighted by molar-refractivity contribution is -0.140. The van der Waals surface area contributed by atoms with E-state index in [9.17, 15) is 9.59 Å². The van der Waals surface area contributed by atoms with Gasteiger partial charge in [0.15, 0.2) is 0 Å². The fourth-order valence-corrected chi connectivity index (χ4v) is 2.59. The maximum Gasteiger partial charge on any atom is 0.326 e. The van der Waals surface area contributed by atoms with Crippen LogP contribution in [0.15, 0.2) is 0 Å². The molecule has 1 rings (SSSR count). The zero-order valence-corrected chi connectivity index (χ0v) is 12.2. The van der Waals surface area contributed by atoms with E-state index in [1.165, 1.54) is 25.7 Å². The van der Waals surface area contributed by atoms with Gasteiger partial charge in [-0.05, 0) is 24.7 Å². The second kappa shape index (κ2) is 7.36. The molecule has 0 aromatic heterocycles. The van der Waals surface area contributed by atoms with Crippen molar-refractivity contribution in [3.63, 3.8) is 0 Å². The molecule has 2 N–H and O–H groups in total. The lowest BCUT2D eigenvalue weighted by Crippen LogP contribution is -2.50. The highest BCUT2D eigenvalue weighted by atomic mass is 16.4. The molecule has 0 heterocycles. The van der Waals surface area contributed by atoms with E-state index in [4.69, 9.17) is 5.11 Å². The fraction of sp³-hybridized carbons (Fsp3) is 0.857. The van der Waals surface area contributed by atoms with E-state index >= 15 is 0 Å². The van der Waals surface area contributed by atoms with Crippen LogP contribution in [0, 0.1) is 11.8 Å². The summed E-state index contributed by atoms with van der Waals surface area (Å²) in [5.41, 5.74) is 0. The molecule has 1 saturated carbocycles. The van der Waals surface area contributed by atoms with Crippen LogP contribution in [0.2, 0.25) is 0 Å². The number of carbonyl (C=O) groups is 2. The average Bonchev–Trinajstić information content (AvgIpc) is 2.86. The molecular weight excluding hydrogens is 244 g/mol. The van der Waals surface area contributed by atoms with Crippen LogP contribution in [0.25, 0.3) is 0 Å². The van der Waals surface area contributed by atoms with E-state index in [1.54, 1.807) is 11.9 Å². The molecule has 5 nitrogen and oxygen atoms in total. The summed E-state index contributed by atoms with van der Waals surface area (Å²) in [6, 6.07) is -1.08. The maximum absolute atomic E-state index is 12.0. The van der Waals surface area contributed by atoms with Crippen LogP contribution in [-0.2, 0) is 4.79 Å². The molecule has 2 atom stereocenters. The number of amides is 2. The highest BCUT2D eigenvalue weighted by molar-refractivity contribution is 5.82. The first-order valence-corrected chi connectivity index (χ1v) is 7.20. The van der Waals surface area contributed by atoms with Crippen LogP contribution in [-0.4, -0.2) is 41.6 Å². The zero-order chi connectivity index (χ0) is 14.4. The molecule has 1 aliphatic rings. The number of urea groups is 1. The molecule has 0 spiro atoms. The van der Waals surface area contributed by atoms with Gasteiger partial charge in [0.2, 0.25) is 0 Å². The molecule has 0 radical (unpaired) electrons. The van der Waals surface area contributed by atoms with Crippen LogP contribution < -0.4 is 5.32 Å². The zero-order valence-electron chi connectivity index (χ0n) is 12.2. The normalized spacial score (nSPS) is 18.9. The van der Waals surface area contributed by atoms with Gasteiger partial charge in [0.25, 0.3) is 0 Å². The lowest BCUT2D eigenvalue weighted by Gasteiger charge is -2.26. The van der Waals surface area contributed by atoms with Gasteiger partial charge in [-0.25, -0.2) is 9.59 Å². The molecule has 0 aromatic rings. The van der Waals surface area contributed by atoms with E-state index in [1.807, 2.05) is 13.8 Å². The predicted molar refractivity (Wildman–Crippen MR) is 74.0 cm³/mol. The van der Waals surface area contributed by atoms with Crippen molar-refractivity contribution in [2.75, 3.05) is 13.6 Å². The third-order valence-electron chi connectivity index (χ3n) is 4.11. The Morgan fingerprint density at radius 3 is 2.42 bits per heavy atom. The van der Waals surface area contributed by atoms with Gasteiger partial charge in [-0.15, -0.1) is 0 Å².